The van der Waals surface area contributed by atoms with E-state index in [1.165, 1.54) is 25.2 Å². The largest absolute Gasteiger partial charge is 0.337 e. The van der Waals surface area contributed by atoms with Crippen LogP contribution in [-0.2, 0) is 7.05 Å². The highest BCUT2D eigenvalue weighted by molar-refractivity contribution is 6.35. The lowest BCUT2D eigenvalue weighted by Crippen LogP contribution is -2.43. The minimum Gasteiger partial charge on any atom is -0.307 e. The van der Waals surface area contributed by atoms with E-state index in [0.29, 0.717) is 25.4 Å². The number of benzene rings is 1. The van der Waals surface area contributed by atoms with Gasteiger partial charge in [-0.2, -0.15) is 0 Å². The van der Waals surface area contributed by atoms with Crippen molar-refractivity contribution in [3.8, 4) is 0 Å². The van der Waals surface area contributed by atoms with Crippen molar-refractivity contribution >= 4 is 34.9 Å². The van der Waals surface area contributed by atoms with Crippen molar-refractivity contribution in [3.05, 3.63) is 56.2 Å². The first-order valence-electron chi connectivity index (χ1n) is 5.60. The number of carbonyl (C=O) groups is 1. The zero-order valence-electron chi connectivity index (χ0n) is 10.7. The number of hydrogen-bond acceptors (Lipinski definition) is 3. The molecule has 0 unspecified atom stereocenters. The molecular formula is C12H9Cl2FN4O2. The van der Waals surface area contributed by atoms with E-state index in [2.05, 4.69) is 5.32 Å². The van der Waals surface area contributed by atoms with E-state index >= 15 is 0 Å². The average Bonchev–Trinajstić information content (AvgIpc) is 2.39. The summed E-state index contributed by atoms with van der Waals surface area (Å²) in [4.78, 5) is 23.8. The highest BCUT2D eigenvalue weighted by Crippen LogP contribution is 2.22. The molecule has 21 heavy (non-hydrogen) atoms. The Bertz CT molecular complexity index is 824. The zero-order chi connectivity index (χ0) is 15.7. The molecule has 0 radical (unpaired) electrons. The van der Waals surface area contributed by atoms with E-state index < -0.39 is 23.0 Å². The number of amides is 1. The van der Waals surface area contributed by atoms with Gasteiger partial charge in [0.25, 0.3) is 0 Å². The van der Waals surface area contributed by atoms with Crippen molar-refractivity contribution in [1.82, 2.24) is 9.13 Å². The fourth-order valence-corrected chi connectivity index (χ4v) is 2.13. The van der Waals surface area contributed by atoms with Crippen LogP contribution in [0.1, 0.15) is 0 Å². The van der Waals surface area contributed by atoms with Gasteiger partial charge >= 0.3 is 11.7 Å². The van der Waals surface area contributed by atoms with Crippen molar-refractivity contribution in [3.63, 3.8) is 0 Å². The van der Waals surface area contributed by atoms with E-state index in [4.69, 9.17) is 28.6 Å². The summed E-state index contributed by atoms with van der Waals surface area (Å²) in [6, 6.07) is 3.42. The van der Waals surface area contributed by atoms with Gasteiger partial charge in [-0.15, -0.1) is 0 Å². The van der Waals surface area contributed by atoms with Crippen LogP contribution in [-0.4, -0.2) is 15.2 Å². The van der Waals surface area contributed by atoms with Crippen molar-refractivity contribution in [2.24, 2.45) is 7.05 Å². The standard InChI is InChI=1S/C12H9Cl2FN4O2/c1-18-10(16)9(15)5-19(12(18)21)11(20)17-8-3-6(13)2-7(14)4-8/h2-5,16H,1H3,(H,17,20). The first kappa shape index (κ1) is 15.3. The van der Waals surface area contributed by atoms with Gasteiger partial charge in [-0.05, 0) is 18.2 Å². The number of anilines is 1. The molecule has 1 aromatic heterocycles. The molecule has 2 aromatic rings. The highest BCUT2D eigenvalue weighted by Gasteiger charge is 2.13. The van der Waals surface area contributed by atoms with E-state index in [0.717, 1.165) is 0 Å². The molecule has 110 valence electrons. The predicted molar refractivity (Wildman–Crippen MR) is 76.4 cm³/mol. The third-order valence-corrected chi connectivity index (χ3v) is 3.07. The summed E-state index contributed by atoms with van der Waals surface area (Å²) in [5.41, 5.74) is -1.22. The summed E-state index contributed by atoms with van der Waals surface area (Å²) < 4.78 is 14.7. The number of halogens is 3. The van der Waals surface area contributed by atoms with Gasteiger partial charge in [-0.1, -0.05) is 23.2 Å². The summed E-state index contributed by atoms with van der Waals surface area (Å²) in [6.07, 6.45) is 0.645. The van der Waals surface area contributed by atoms with E-state index in [-0.39, 0.29) is 5.69 Å². The number of hydrogen-bond donors (Lipinski definition) is 2. The van der Waals surface area contributed by atoms with Gasteiger partial charge in [-0.3, -0.25) is 9.98 Å². The Hall–Kier alpha value is -2.12. The summed E-state index contributed by atoms with van der Waals surface area (Å²) in [5.74, 6) is -1.00. The van der Waals surface area contributed by atoms with E-state index in [9.17, 15) is 14.0 Å². The van der Waals surface area contributed by atoms with Crippen molar-refractivity contribution in [1.29, 1.82) is 5.41 Å². The van der Waals surface area contributed by atoms with E-state index in [1.807, 2.05) is 0 Å². The number of rotatable bonds is 1. The molecule has 6 nitrogen and oxygen atoms in total. The summed E-state index contributed by atoms with van der Waals surface area (Å²) in [7, 11) is 1.19. The first-order valence-corrected chi connectivity index (χ1v) is 6.35. The molecule has 0 saturated carbocycles. The van der Waals surface area contributed by atoms with Gasteiger partial charge in [0, 0.05) is 22.8 Å². The van der Waals surface area contributed by atoms with Crippen molar-refractivity contribution < 1.29 is 9.18 Å². The third-order valence-electron chi connectivity index (χ3n) is 2.63. The molecule has 0 atom stereocenters. The SMILES string of the molecule is Cn1c(=N)c(F)cn(C(=O)Nc2cc(Cl)cc(Cl)c2)c1=O. The molecule has 0 saturated heterocycles. The second kappa shape index (κ2) is 5.71. The van der Waals surface area contributed by atoms with Crippen molar-refractivity contribution in [2.45, 2.75) is 0 Å². The molecule has 0 fully saturated rings. The maximum Gasteiger partial charge on any atom is 0.337 e. The molecule has 0 bridgehead atoms. The summed E-state index contributed by atoms with van der Waals surface area (Å²) in [6.45, 7) is 0. The lowest BCUT2D eigenvalue weighted by molar-refractivity contribution is 0.251. The third kappa shape index (κ3) is 3.14. The van der Waals surface area contributed by atoms with Gasteiger partial charge in [0.05, 0.1) is 6.20 Å². The van der Waals surface area contributed by atoms with Crippen LogP contribution in [0.25, 0.3) is 0 Å². The van der Waals surface area contributed by atoms with Crippen LogP contribution in [0, 0.1) is 11.2 Å². The molecule has 0 spiro atoms. The van der Waals surface area contributed by atoms with E-state index in [1.54, 1.807) is 0 Å². The second-order valence-electron chi connectivity index (χ2n) is 4.13. The van der Waals surface area contributed by atoms with Crippen molar-refractivity contribution in [2.75, 3.05) is 5.32 Å². The molecule has 2 N–H and O–H groups in total. The minimum absolute atomic E-state index is 0.252. The Morgan fingerprint density at radius 2 is 1.86 bits per heavy atom. The summed E-state index contributed by atoms with van der Waals surface area (Å²) in [5, 5.41) is 10.3. The lowest BCUT2D eigenvalue weighted by Gasteiger charge is -2.09. The molecule has 1 amide bonds. The van der Waals surface area contributed by atoms with Crippen LogP contribution >= 0.6 is 23.2 Å². The molecule has 2 rings (SSSR count). The van der Waals surface area contributed by atoms with Crippen LogP contribution in [0.4, 0.5) is 14.9 Å². The number of carbonyl (C=O) groups excluding carboxylic acids is 1. The molecule has 9 heteroatoms. The Labute approximate surface area is 127 Å². The number of nitrogens with zero attached hydrogens (tertiary/aromatic N) is 2. The van der Waals surface area contributed by atoms with Crippen LogP contribution in [0.5, 0.6) is 0 Å². The smallest absolute Gasteiger partial charge is 0.307 e. The first-order chi connectivity index (χ1) is 9.79. The normalized spacial score (nSPS) is 10.5. The minimum atomic E-state index is -1.00. The number of nitrogens with one attached hydrogen (secondary N) is 2. The number of aromatic nitrogens is 2. The zero-order valence-corrected chi connectivity index (χ0v) is 12.2. The fourth-order valence-electron chi connectivity index (χ4n) is 1.60. The Balaban J connectivity index is 2.42. The van der Waals surface area contributed by atoms with Gasteiger partial charge in [0.1, 0.15) is 0 Å². The summed E-state index contributed by atoms with van der Waals surface area (Å²) >= 11 is 11.6. The quantitative estimate of drug-likeness (QED) is 0.840. The van der Waals surface area contributed by atoms with Crippen LogP contribution in [0.2, 0.25) is 10.0 Å². The van der Waals surface area contributed by atoms with Crippen LogP contribution in [0.15, 0.2) is 29.2 Å². The Morgan fingerprint density at radius 3 is 2.43 bits per heavy atom. The van der Waals surface area contributed by atoms with Gasteiger partial charge in [0.2, 0.25) is 0 Å². The van der Waals surface area contributed by atoms with Crippen LogP contribution in [0.3, 0.4) is 0 Å². The molecule has 1 heterocycles. The highest BCUT2D eigenvalue weighted by atomic mass is 35.5. The van der Waals surface area contributed by atoms with Gasteiger partial charge < -0.3 is 5.32 Å². The van der Waals surface area contributed by atoms with Gasteiger partial charge in [0.15, 0.2) is 11.3 Å². The maximum atomic E-state index is 13.5. The Morgan fingerprint density at radius 1 is 1.29 bits per heavy atom. The van der Waals surface area contributed by atoms with Crippen LogP contribution < -0.4 is 16.5 Å². The predicted octanol–water partition coefficient (Wildman–Crippen LogP) is 2.19. The molecule has 0 aliphatic rings. The average molecular weight is 331 g/mol. The monoisotopic (exact) mass is 330 g/mol. The fraction of sp³-hybridized carbons (Fsp3) is 0.0833. The Kier molecular flexibility index (Phi) is 4.15. The molecule has 1 aromatic carbocycles. The second-order valence-corrected chi connectivity index (χ2v) is 5.00. The molecule has 0 aliphatic heterocycles. The topological polar surface area (TPSA) is 79.9 Å². The lowest BCUT2D eigenvalue weighted by atomic mass is 10.3. The van der Waals surface area contributed by atoms with Gasteiger partial charge in [-0.25, -0.2) is 18.5 Å². The molecule has 0 aliphatic carbocycles. The molecular weight excluding hydrogens is 322 g/mol. The maximum absolute atomic E-state index is 13.5.